The number of ether oxygens (including phenoxy) is 1. The maximum atomic E-state index is 10.4. The second-order valence-electron chi connectivity index (χ2n) is 2.96. The molecule has 18 heavy (non-hydrogen) atoms. The van der Waals surface area contributed by atoms with Gasteiger partial charge in [-0.3, -0.25) is 0 Å². The van der Waals surface area contributed by atoms with Gasteiger partial charge in [0.1, 0.15) is 8.64 Å². The molecule has 0 aliphatic rings. The van der Waals surface area contributed by atoms with Crippen molar-refractivity contribution in [1.82, 2.24) is 10.6 Å². The molecule has 0 amide bonds. The fourth-order valence-electron chi connectivity index (χ4n) is 0.593. The van der Waals surface area contributed by atoms with Crippen molar-refractivity contribution in [2.24, 2.45) is 0 Å². The van der Waals surface area contributed by atoms with Crippen molar-refractivity contribution < 1.29 is 9.53 Å². The highest BCUT2D eigenvalue weighted by Gasteiger charge is 1.98. The van der Waals surface area contributed by atoms with Crippen molar-refractivity contribution in [1.29, 1.82) is 0 Å². The summed E-state index contributed by atoms with van der Waals surface area (Å²) in [6.45, 7) is 8.63. The van der Waals surface area contributed by atoms with Gasteiger partial charge in [0.15, 0.2) is 0 Å². The topological polar surface area (TPSA) is 50.4 Å². The number of carbonyl (C=O) groups is 1. The van der Waals surface area contributed by atoms with Crippen LogP contribution >= 0.6 is 49.7 Å². The smallest absolute Gasteiger partial charge is 0.333 e. The molecule has 0 spiro atoms. The second kappa shape index (κ2) is 13.1. The minimum absolute atomic E-state index is 0.312. The highest BCUT2D eigenvalue weighted by molar-refractivity contribution is 8.11. The Labute approximate surface area is 130 Å². The van der Waals surface area contributed by atoms with Gasteiger partial charge < -0.3 is 15.4 Å². The summed E-state index contributed by atoms with van der Waals surface area (Å²) in [5.41, 5.74) is 0.451. The van der Waals surface area contributed by atoms with E-state index in [1.165, 1.54) is 0 Å². The number of esters is 1. The van der Waals surface area contributed by atoms with Gasteiger partial charge in [-0.25, -0.2) is 4.79 Å². The average Bonchev–Trinajstić information content (AvgIpc) is 2.25. The summed E-state index contributed by atoms with van der Waals surface area (Å²) in [6, 6.07) is 0. The maximum absolute atomic E-state index is 10.4. The molecule has 0 atom stereocenters. The largest absolute Gasteiger partial charge is 0.463 e. The number of nitrogens with one attached hydrogen (secondary N) is 2. The molecular weight excluding hydrogens is 308 g/mol. The standard InChI is InChI=1S/C6H10O2.C4H8N2S4/c1-4-8-6(7)5(2)3;7-3(8)5-1-2-6-4(9)10/h2,4H2,1,3H3;1-2H2,(H2,5,7,8)(H2,6,9,10). The van der Waals surface area contributed by atoms with E-state index in [4.69, 9.17) is 0 Å². The van der Waals surface area contributed by atoms with Gasteiger partial charge in [0.05, 0.1) is 6.61 Å². The van der Waals surface area contributed by atoms with Crippen LogP contribution in [-0.2, 0) is 9.53 Å². The highest BCUT2D eigenvalue weighted by Crippen LogP contribution is 1.89. The van der Waals surface area contributed by atoms with E-state index in [9.17, 15) is 4.79 Å². The molecule has 0 aliphatic heterocycles. The second-order valence-corrected chi connectivity index (χ2v) is 5.28. The summed E-state index contributed by atoms with van der Waals surface area (Å²) < 4.78 is 5.55. The Morgan fingerprint density at radius 2 is 1.61 bits per heavy atom. The molecule has 0 bridgehead atoms. The predicted octanol–water partition coefficient (Wildman–Crippen LogP) is 1.72. The molecule has 0 aromatic heterocycles. The molecule has 0 rings (SSSR count). The summed E-state index contributed by atoms with van der Waals surface area (Å²) in [6.07, 6.45) is 0. The highest BCUT2D eigenvalue weighted by atomic mass is 32.1. The van der Waals surface area contributed by atoms with Gasteiger partial charge in [-0.1, -0.05) is 31.0 Å². The number of thiocarbonyl (C=S) groups is 2. The molecule has 0 aromatic carbocycles. The average molecular weight is 327 g/mol. The lowest BCUT2D eigenvalue weighted by Crippen LogP contribution is -2.29. The quantitative estimate of drug-likeness (QED) is 0.203. The van der Waals surface area contributed by atoms with E-state index in [1.54, 1.807) is 13.8 Å². The van der Waals surface area contributed by atoms with Crippen LogP contribution < -0.4 is 10.6 Å². The Kier molecular flexibility index (Phi) is 14.6. The summed E-state index contributed by atoms with van der Waals surface area (Å²) in [5.74, 6) is -0.312. The molecule has 2 N–H and O–H groups in total. The molecule has 0 heterocycles. The normalized spacial score (nSPS) is 8.44. The number of hydrogen-bond acceptors (Lipinski definition) is 4. The fourth-order valence-corrected chi connectivity index (χ4v) is 1.02. The Morgan fingerprint density at radius 3 is 1.78 bits per heavy atom. The first kappa shape index (κ1) is 20.0. The van der Waals surface area contributed by atoms with Crippen LogP contribution in [0.2, 0.25) is 0 Å². The lowest BCUT2D eigenvalue weighted by atomic mass is 10.4. The van der Waals surface area contributed by atoms with Crippen LogP contribution in [0.25, 0.3) is 0 Å². The Morgan fingerprint density at radius 1 is 1.22 bits per heavy atom. The van der Waals surface area contributed by atoms with Gasteiger partial charge in [0, 0.05) is 18.7 Å². The summed E-state index contributed by atoms with van der Waals surface area (Å²) in [5, 5.41) is 5.68. The molecule has 0 unspecified atom stereocenters. The third-order valence-corrected chi connectivity index (χ3v) is 1.91. The lowest BCUT2D eigenvalue weighted by Gasteiger charge is -2.03. The molecule has 0 saturated heterocycles. The summed E-state index contributed by atoms with van der Waals surface area (Å²) >= 11 is 17.0. The lowest BCUT2D eigenvalue weighted by molar-refractivity contribution is -0.138. The number of rotatable bonds is 5. The number of thiol groups is 2. The van der Waals surface area contributed by atoms with Crippen LogP contribution in [-0.4, -0.2) is 34.3 Å². The molecule has 0 aromatic rings. The van der Waals surface area contributed by atoms with Crippen LogP contribution in [0.1, 0.15) is 13.8 Å². The van der Waals surface area contributed by atoms with Crippen LogP contribution in [0.15, 0.2) is 12.2 Å². The van der Waals surface area contributed by atoms with Gasteiger partial charge in [-0.15, -0.1) is 25.3 Å². The van der Waals surface area contributed by atoms with E-state index in [0.29, 0.717) is 33.9 Å². The SMILES string of the molecule is C=C(C)C(=O)OCC.S=C(S)NCCNC(=S)S. The van der Waals surface area contributed by atoms with E-state index in [0.717, 1.165) is 0 Å². The number of hydrogen-bond donors (Lipinski definition) is 4. The molecular formula is C10H18N2O2S4. The monoisotopic (exact) mass is 326 g/mol. The van der Waals surface area contributed by atoms with Crippen LogP contribution in [0, 0.1) is 0 Å². The van der Waals surface area contributed by atoms with E-state index < -0.39 is 0 Å². The van der Waals surface area contributed by atoms with E-state index in [2.05, 4.69) is 71.6 Å². The maximum Gasteiger partial charge on any atom is 0.333 e. The first-order valence-corrected chi connectivity index (χ1v) is 6.78. The van der Waals surface area contributed by atoms with Crippen molar-refractivity contribution in [2.45, 2.75) is 13.8 Å². The zero-order valence-electron chi connectivity index (χ0n) is 10.4. The van der Waals surface area contributed by atoms with E-state index >= 15 is 0 Å². The van der Waals surface area contributed by atoms with Crippen molar-refractivity contribution in [3.8, 4) is 0 Å². The molecule has 8 heteroatoms. The van der Waals surface area contributed by atoms with Crippen LogP contribution in [0.3, 0.4) is 0 Å². The molecule has 104 valence electrons. The zero-order chi connectivity index (χ0) is 14.6. The van der Waals surface area contributed by atoms with Crippen LogP contribution in [0.4, 0.5) is 0 Å². The molecule has 0 saturated carbocycles. The minimum atomic E-state index is -0.312. The third-order valence-electron chi connectivity index (χ3n) is 1.30. The van der Waals surface area contributed by atoms with Crippen LogP contribution in [0.5, 0.6) is 0 Å². The first-order chi connectivity index (χ1) is 8.31. The summed E-state index contributed by atoms with van der Waals surface area (Å²) in [4.78, 5) is 10.4. The Bertz CT molecular complexity index is 292. The van der Waals surface area contributed by atoms with Crippen molar-refractivity contribution in [3.05, 3.63) is 12.2 Å². The number of carbonyl (C=O) groups excluding carboxylic acids is 1. The fraction of sp³-hybridized carbons (Fsp3) is 0.500. The minimum Gasteiger partial charge on any atom is -0.463 e. The first-order valence-electron chi connectivity index (χ1n) is 5.07. The predicted molar refractivity (Wildman–Crippen MR) is 90.6 cm³/mol. The van der Waals surface area contributed by atoms with Gasteiger partial charge in [-0.05, 0) is 13.8 Å². The molecule has 0 radical (unpaired) electrons. The van der Waals surface area contributed by atoms with E-state index in [1.807, 2.05) is 0 Å². The van der Waals surface area contributed by atoms with Gasteiger partial charge >= 0.3 is 5.97 Å². The van der Waals surface area contributed by atoms with Crippen molar-refractivity contribution in [3.63, 3.8) is 0 Å². The van der Waals surface area contributed by atoms with Gasteiger partial charge in [0.2, 0.25) is 0 Å². The Hall–Kier alpha value is -0.310. The third kappa shape index (κ3) is 18.1. The van der Waals surface area contributed by atoms with Crippen molar-refractivity contribution >= 4 is 64.3 Å². The molecule has 0 aliphatic carbocycles. The Balaban J connectivity index is 0. The van der Waals surface area contributed by atoms with Gasteiger partial charge in [0.25, 0.3) is 0 Å². The molecule has 4 nitrogen and oxygen atoms in total. The zero-order valence-corrected chi connectivity index (χ0v) is 13.8. The summed E-state index contributed by atoms with van der Waals surface area (Å²) in [7, 11) is 0. The van der Waals surface area contributed by atoms with Crippen molar-refractivity contribution in [2.75, 3.05) is 19.7 Å². The van der Waals surface area contributed by atoms with Gasteiger partial charge in [-0.2, -0.15) is 0 Å². The van der Waals surface area contributed by atoms with E-state index in [-0.39, 0.29) is 5.97 Å². The molecule has 0 fully saturated rings.